The molecule has 0 saturated heterocycles. The van der Waals surface area contributed by atoms with Crippen LogP contribution in [0.15, 0.2) is 72.5 Å². The van der Waals surface area contributed by atoms with Gasteiger partial charge in [0.1, 0.15) is 23.9 Å². The molecule has 0 N–H and O–H groups in total. The minimum atomic E-state index is -0.445. The molecule has 2 aromatic carbocycles. The van der Waals surface area contributed by atoms with E-state index < -0.39 is 5.92 Å². The van der Waals surface area contributed by atoms with E-state index in [2.05, 4.69) is 75.5 Å². The molecule has 5 rings (SSSR count). The number of rotatable bonds is 4. The Morgan fingerprint density at radius 1 is 0.811 bits per heavy atom. The summed E-state index contributed by atoms with van der Waals surface area (Å²) in [5.41, 5.74) is 2.82. The van der Waals surface area contributed by atoms with E-state index in [1.807, 2.05) is 36.4 Å². The molecule has 0 atom stereocenters. The lowest BCUT2D eigenvalue weighted by Crippen LogP contribution is -2.37. The zero-order valence-corrected chi connectivity index (χ0v) is 26.1. The molecule has 0 spiro atoms. The number of ketones is 2. The van der Waals surface area contributed by atoms with Gasteiger partial charge in [0.05, 0.1) is 8.95 Å². The summed E-state index contributed by atoms with van der Waals surface area (Å²) < 4.78 is 15.1. The third-order valence-corrected chi connectivity index (χ3v) is 8.94. The molecule has 0 radical (unpaired) electrons. The van der Waals surface area contributed by atoms with E-state index in [9.17, 15) is 9.59 Å². The van der Waals surface area contributed by atoms with E-state index in [0.717, 1.165) is 36.1 Å². The summed E-state index contributed by atoms with van der Waals surface area (Å²) in [4.78, 5) is 27.1. The molecular formula is C30H29Br3O4. The molecule has 0 aromatic heterocycles. The molecule has 1 heterocycles. The van der Waals surface area contributed by atoms with Crippen LogP contribution in [-0.2, 0) is 20.9 Å². The Hall–Kier alpha value is -1.70. The van der Waals surface area contributed by atoms with Crippen LogP contribution >= 0.6 is 47.8 Å². The summed E-state index contributed by atoms with van der Waals surface area (Å²) in [5, 5.41) is 0. The highest BCUT2D eigenvalue weighted by Gasteiger charge is 2.48. The number of carbonyl (C=O) groups excluding carboxylic acids is 2. The van der Waals surface area contributed by atoms with Crippen molar-refractivity contribution >= 4 is 59.4 Å². The molecule has 2 aliphatic carbocycles. The van der Waals surface area contributed by atoms with Crippen LogP contribution in [0.2, 0.25) is 0 Å². The first-order chi connectivity index (χ1) is 17.3. The van der Waals surface area contributed by atoms with Crippen molar-refractivity contribution in [2.75, 3.05) is 0 Å². The predicted molar refractivity (Wildman–Crippen MR) is 154 cm³/mol. The van der Waals surface area contributed by atoms with Crippen LogP contribution < -0.4 is 4.74 Å². The van der Waals surface area contributed by atoms with Gasteiger partial charge in [0, 0.05) is 47.2 Å². The number of hydrogen-bond acceptors (Lipinski definition) is 4. The maximum atomic E-state index is 13.5. The van der Waals surface area contributed by atoms with E-state index in [1.54, 1.807) is 0 Å². The molecule has 37 heavy (non-hydrogen) atoms. The lowest BCUT2D eigenvalue weighted by molar-refractivity contribution is -0.120. The quantitative estimate of drug-likeness (QED) is 0.321. The molecule has 7 heteroatoms. The third-order valence-electron chi connectivity index (χ3n) is 7.23. The van der Waals surface area contributed by atoms with Crippen LogP contribution in [0, 0.1) is 10.8 Å². The summed E-state index contributed by atoms with van der Waals surface area (Å²) in [6, 6.07) is 11.9. The fraction of sp³-hybridized carbons (Fsp3) is 0.400. The fourth-order valence-corrected chi connectivity index (χ4v) is 7.34. The lowest BCUT2D eigenvalue weighted by Gasteiger charge is -2.42. The van der Waals surface area contributed by atoms with E-state index in [-0.39, 0.29) is 22.4 Å². The Morgan fingerprint density at radius 3 is 1.78 bits per heavy atom. The summed E-state index contributed by atoms with van der Waals surface area (Å²) in [6.07, 6.45) is 2.22. The standard InChI is InChI=1S/C30H29Br3O4/c1-29(2)11-21(34)26-23(13-29)37-24-14-30(3,4)12-22(35)27(24)25(26)17-9-19(32)28(20(33)10-17)36-15-16-5-7-18(31)8-6-16/h5-10,25H,11-15H2,1-4H3. The Bertz CT molecular complexity index is 1290. The molecule has 1 aliphatic heterocycles. The maximum Gasteiger partial charge on any atom is 0.163 e. The lowest BCUT2D eigenvalue weighted by atomic mass is 9.65. The molecule has 0 fully saturated rings. The maximum absolute atomic E-state index is 13.5. The first-order valence-electron chi connectivity index (χ1n) is 12.4. The van der Waals surface area contributed by atoms with Gasteiger partial charge >= 0.3 is 0 Å². The zero-order valence-electron chi connectivity index (χ0n) is 21.3. The van der Waals surface area contributed by atoms with E-state index in [1.165, 1.54) is 0 Å². The topological polar surface area (TPSA) is 52.6 Å². The van der Waals surface area contributed by atoms with Gasteiger partial charge < -0.3 is 9.47 Å². The van der Waals surface area contributed by atoms with Crippen molar-refractivity contribution in [1.29, 1.82) is 0 Å². The number of hydrogen-bond donors (Lipinski definition) is 0. The third kappa shape index (κ3) is 5.41. The second-order valence-corrected chi connectivity index (χ2v) is 14.4. The molecule has 0 bridgehead atoms. The summed E-state index contributed by atoms with van der Waals surface area (Å²) in [7, 11) is 0. The first kappa shape index (κ1) is 26.9. The molecule has 0 saturated carbocycles. The van der Waals surface area contributed by atoms with E-state index in [4.69, 9.17) is 9.47 Å². The van der Waals surface area contributed by atoms with Gasteiger partial charge in [-0.25, -0.2) is 0 Å². The molecule has 0 amide bonds. The number of allylic oxidation sites excluding steroid dienone is 4. The largest absolute Gasteiger partial charge is 0.487 e. The highest BCUT2D eigenvalue weighted by molar-refractivity contribution is 9.11. The molecule has 4 nitrogen and oxygen atoms in total. The van der Waals surface area contributed by atoms with Crippen LogP contribution in [0.3, 0.4) is 0 Å². The number of carbonyl (C=O) groups is 2. The predicted octanol–water partition coefficient (Wildman–Crippen LogP) is 8.95. The highest BCUT2D eigenvalue weighted by atomic mass is 79.9. The monoisotopic (exact) mass is 690 g/mol. The second-order valence-electron chi connectivity index (χ2n) is 11.8. The van der Waals surface area contributed by atoms with Crippen LogP contribution in [0.1, 0.15) is 70.4 Å². The fourth-order valence-electron chi connectivity index (χ4n) is 5.63. The van der Waals surface area contributed by atoms with E-state index >= 15 is 0 Å². The van der Waals surface area contributed by atoms with Gasteiger partial charge in [0.2, 0.25) is 0 Å². The van der Waals surface area contributed by atoms with Crippen LogP contribution in [-0.4, -0.2) is 11.6 Å². The van der Waals surface area contributed by atoms with Crippen molar-refractivity contribution in [3.63, 3.8) is 0 Å². The van der Waals surface area contributed by atoms with Crippen molar-refractivity contribution in [3.05, 3.63) is 83.6 Å². The summed E-state index contributed by atoms with van der Waals surface area (Å²) >= 11 is 10.9. The minimum Gasteiger partial charge on any atom is -0.487 e. The van der Waals surface area contributed by atoms with Crippen LogP contribution in [0.25, 0.3) is 0 Å². The highest BCUT2D eigenvalue weighted by Crippen LogP contribution is 2.54. The van der Waals surface area contributed by atoms with Crippen molar-refractivity contribution in [2.24, 2.45) is 10.8 Å². The van der Waals surface area contributed by atoms with Crippen molar-refractivity contribution in [1.82, 2.24) is 0 Å². The van der Waals surface area contributed by atoms with Crippen LogP contribution in [0.5, 0.6) is 5.75 Å². The second kappa shape index (κ2) is 9.80. The first-order valence-corrected chi connectivity index (χ1v) is 14.8. The van der Waals surface area contributed by atoms with Gasteiger partial charge in [-0.05, 0) is 78.1 Å². The summed E-state index contributed by atoms with van der Waals surface area (Å²) in [6.45, 7) is 8.79. The molecule has 2 aromatic rings. The number of halogens is 3. The molecular weight excluding hydrogens is 664 g/mol. The smallest absolute Gasteiger partial charge is 0.163 e. The van der Waals surface area contributed by atoms with Gasteiger partial charge in [-0.3, -0.25) is 9.59 Å². The minimum absolute atomic E-state index is 0.0586. The van der Waals surface area contributed by atoms with Crippen LogP contribution in [0.4, 0.5) is 0 Å². The molecule has 194 valence electrons. The normalized spacial score (nSPS) is 20.9. The van der Waals surface area contributed by atoms with Gasteiger partial charge in [-0.1, -0.05) is 55.8 Å². The number of Topliss-reactive ketones (excluding diaryl/α,β-unsaturated/α-hetero) is 2. The van der Waals surface area contributed by atoms with Gasteiger partial charge in [-0.2, -0.15) is 0 Å². The molecule has 0 unspecified atom stereocenters. The molecule has 3 aliphatic rings. The Kier molecular flexibility index (Phi) is 7.12. The van der Waals surface area contributed by atoms with Crippen molar-refractivity contribution in [3.8, 4) is 5.75 Å². The SMILES string of the molecule is CC1(C)CC(=O)C2=C(C1)OC1=C(C(=O)CC(C)(C)C1)C2c1cc(Br)c(OCc2ccc(Br)cc2)c(Br)c1. The summed E-state index contributed by atoms with van der Waals surface area (Å²) in [5.74, 6) is 1.79. The Balaban J connectivity index is 1.56. The van der Waals surface area contributed by atoms with Crippen molar-refractivity contribution in [2.45, 2.75) is 65.9 Å². The van der Waals surface area contributed by atoms with Gasteiger partial charge in [0.15, 0.2) is 11.6 Å². The zero-order chi connectivity index (χ0) is 26.7. The number of ether oxygens (including phenoxy) is 2. The Labute approximate surface area is 243 Å². The number of benzene rings is 2. The van der Waals surface area contributed by atoms with Crippen molar-refractivity contribution < 1.29 is 19.1 Å². The average Bonchev–Trinajstić information content (AvgIpc) is 2.76. The average molecular weight is 693 g/mol. The van der Waals surface area contributed by atoms with Gasteiger partial charge in [0.25, 0.3) is 0 Å². The Morgan fingerprint density at radius 2 is 1.30 bits per heavy atom. The van der Waals surface area contributed by atoms with Gasteiger partial charge in [-0.15, -0.1) is 0 Å². The van der Waals surface area contributed by atoms with E-state index in [0.29, 0.717) is 49.2 Å².